The van der Waals surface area contributed by atoms with E-state index in [0.717, 1.165) is 39.0 Å². The molecular weight excluding hydrogens is 290 g/mol. The van der Waals surface area contributed by atoms with Crippen molar-refractivity contribution < 1.29 is 9.59 Å². The molecule has 0 spiro atoms. The van der Waals surface area contributed by atoms with Crippen LogP contribution in [-0.2, 0) is 22.7 Å². The Balaban J connectivity index is 1.35. The van der Waals surface area contributed by atoms with Gasteiger partial charge >= 0.3 is 0 Å². The molecule has 1 atom stereocenters. The van der Waals surface area contributed by atoms with Gasteiger partial charge < -0.3 is 15.5 Å². The summed E-state index contributed by atoms with van der Waals surface area (Å²) in [6.07, 6.45) is 3.23. The van der Waals surface area contributed by atoms with E-state index in [0.29, 0.717) is 19.4 Å². The standard InChI is InChI=1S/C18H25N3O2/c22-17(21-12-15-5-1-2-6-16(15)13-21)8-4-10-20-18(23)14-7-3-9-19-11-14/h1-2,5-6,14,19H,3-4,7-13H2,(H,20,23). The summed E-state index contributed by atoms with van der Waals surface area (Å²) >= 11 is 0. The van der Waals surface area contributed by atoms with Gasteiger partial charge in [-0.2, -0.15) is 0 Å². The van der Waals surface area contributed by atoms with Crippen LogP contribution in [0.25, 0.3) is 0 Å². The molecule has 5 nitrogen and oxygen atoms in total. The molecule has 2 N–H and O–H groups in total. The minimum atomic E-state index is 0.0903. The number of carbonyl (C=O) groups excluding carboxylic acids is 2. The first-order valence-corrected chi connectivity index (χ1v) is 8.57. The lowest BCUT2D eigenvalue weighted by atomic mass is 9.99. The summed E-state index contributed by atoms with van der Waals surface area (Å²) in [6, 6.07) is 8.20. The second-order valence-electron chi connectivity index (χ2n) is 6.46. The van der Waals surface area contributed by atoms with Crippen molar-refractivity contribution >= 4 is 11.8 Å². The average Bonchev–Trinajstić information content (AvgIpc) is 3.03. The molecule has 5 heteroatoms. The first-order chi connectivity index (χ1) is 11.2. The third-order valence-electron chi connectivity index (χ3n) is 4.73. The van der Waals surface area contributed by atoms with E-state index >= 15 is 0 Å². The highest BCUT2D eigenvalue weighted by molar-refractivity contribution is 5.79. The van der Waals surface area contributed by atoms with Crippen molar-refractivity contribution in [3.05, 3.63) is 35.4 Å². The van der Waals surface area contributed by atoms with Gasteiger partial charge in [0.15, 0.2) is 0 Å². The molecule has 23 heavy (non-hydrogen) atoms. The third-order valence-corrected chi connectivity index (χ3v) is 4.73. The number of benzene rings is 1. The van der Waals surface area contributed by atoms with Crippen molar-refractivity contribution in [1.82, 2.24) is 15.5 Å². The Labute approximate surface area is 137 Å². The molecule has 1 fully saturated rings. The van der Waals surface area contributed by atoms with Crippen molar-refractivity contribution in [1.29, 1.82) is 0 Å². The highest BCUT2D eigenvalue weighted by atomic mass is 16.2. The van der Waals surface area contributed by atoms with E-state index in [1.54, 1.807) is 0 Å². The Kier molecular flexibility index (Phi) is 5.28. The van der Waals surface area contributed by atoms with E-state index in [1.165, 1.54) is 11.1 Å². The van der Waals surface area contributed by atoms with Crippen LogP contribution >= 0.6 is 0 Å². The molecule has 1 saturated heterocycles. The number of hydrogen-bond acceptors (Lipinski definition) is 3. The summed E-state index contributed by atoms with van der Waals surface area (Å²) in [4.78, 5) is 26.2. The van der Waals surface area contributed by atoms with Crippen LogP contribution in [0.3, 0.4) is 0 Å². The van der Waals surface area contributed by atoms with E-state index in [-0.39, 0.29) is 17.7 Å². The number of amides is 2. The Hall–Kier alpha value is -1.88. The van der Waals surface area contributed by atoms with Crippen LogP contribution < -0.4 is 10.6 Å². The van der Waals surface area contributed by atoms with Crippen LogP contribution in [0.2, 0.25) is 0 Å². The maximum Gasteiger partial charge on any atom is 0.224 e. The van der Waals surface area contributed by atoms with Crippen molar-refractivity contribution in [2.75, 3.05) is 19.6 Å². The molecule has 2 aliphatic rings. The second kappa shape index (κ2) is 7.59. The first kappa shape index (κ1) is 16.0. The van der Waals surface area contributed by atoms with Gasteiger partial charge in [-0.15, -0.1) is 0 Å². The summed E-state index contributed by atoms with van der Waals surface area (Å²) in [5.74, 6) is 0.389. The topological polar surface area (TPSA) is 61.4 Å². The smallest absolute Gasteiger partial charge is 0.224 e. The maximum atomic E-state index is 12.3. The van der Waals surface area contributed by atoms with Crippen LogP contribution in [0.4, 0.5) is 0 Å². The lowest BCUT2D eigenvalue weighted by Gasteiger charge is -2.22. The molecule has 0 bridgehead atoms. The van der Waals surface area contributed by atoms with Gasteiger partial charge in [-0.25, -0.2) is 0 Å². The summed E-state index contributed by atoms with van der Waals surface area (Å²) in [5.41, 5.74) is 2.50. The molecular formula is C18H25N3O2. The minimum Gasteiger partial charge on any atom is -0.356 e. The van der Waals surface area contributed by atoms with Crippen LogP contribution in [0, 0.1) is 5.92 Å². The number of fused-ring (bicyclic) bond motifs is 1. The van der Waals surface area contributed by atoms with Gasteiger partial charge in [0.1, 0.15) is 0 Å². The molecule has 3 rings (SSSR count). The summed E-state index contributed by atoms with van der Waals surface area (Å²) in [7, 11) is 0. The number of nitrogens with one attached hydrogen (secondary N) is 2. The number of carbonyl (C=O) groups is 2. The maximum absolute atomic E-state index is 12.3. The van der Waals surface area contributed by atoms with E-state index in [9.17, 15) is 9.59 Å². The molecule has 1 unspecified atom stereocenters. The molecule has 1 aromatic carbocycles. The third kappa shape index (κ3) is 4.10. The normalized spacial score (nSPS) is 20.2. The van der Waals surface area contributed by atoms with Crippen LogP contribution in [0.1, 0.15) is 36.8 Å². The quantitative estimate of drug-likeness (QED) is 0.808. The zero-order valence-corrected chi connectivity index (χ0v) is 13.5. The summed E-state index contributed by atoms with van der Waals surface area (Å²) in [6.45, 7) is 3.80. The average molecular weight is 315 g/mol. The lowest BCUT2D eigenvalue weighted by molar-refractivity contribution is -0.132. The summed E-state index contributed by atoms with van der Waals surface area (Å²) in [5, 5.41) is 6.21. The molecule has 0 aromatic heterocycles. The fraction of sp³-hybridized carbons (Fsp3) is 0.556. The lowest BCUT2D eigenvalue weighted by Crippen LogP contribution is -2.40. The highest BCUT2D eigenvalue weighted by Gasteiger charge is 2.23. The fourth-order valence-corrected chi connectivity index (χ4v) is 3.34. The van der Waals surface area contributed by atoms with Gasteiger partial charge in [0.05, 0.1) is 5.92 Å². The predicted octanol–water partition coefficient (Wildman–Crippen LogP) is 1.42. The molecule has 0 aliphatic carbocycles. The molecule has 2 amide bonds. The fourth-order valence-electron chi connectivity index (χ4n) is 3.34. The summed E-state index contributed by atoms with van der Waals surface area (Å²) < 4.78 is 0. The first-order valence-electron chi connectivity index (χ1n) is 8.57. The Morgan fingerprint density at radius 3 is 2.61 bits per heavy atom. The zero-order valence-electron chi connectivity index (χ0n) is 13.5. The number of nitrogens with zero attached hydrogens (tertiary/aromatic N) is 1. The van der Waals surface area contributed by atoms with E-state index in [1.807, 2.05) is 17.0 Å². The Bertz CT molecular complexity index is 542. The Morgan fingerprint density at radius 1 is 1.22 bits per heavy atom. The van der Waals surface area contributed by atoms with E-state index in [2.05, 4.69) is 22.8 Å². The van der Waals surface area contributed by atoms with Gasteiger partial charge in [0.25, 0.3) is 0 Å². The van der Waals surface area contributed by atoms with Crippen molar-refractivity contribution in [2.45, 2.75) is 38.8 Å². The van der Waals surface area contributed by atoms with E-state index < -0.39 is 0 Å². The van der Waals surface area contributed by atoms with Gasteiger partial charge in [-0.1, -0.05) is 24.3 Å². The molecule has 124 valence electrons. The van der Waals surface area contributed by atoms with Crippen molar-refractivity contribution in [3.63, 3.8) is 0 Å². The van der Waals surface area contributed by atoms with Gasteiger partial charge in [-0.05, 0) is 36.9 Å². The minimum absolute atomic E-state index is 0.0903. The number of hydrogen-bond donors (Lipinski definition) is 2. The monoisotopic (exact) mass is 315 g/mol. The van der Waals surface area contributed by atoms with Crippen LogP contribution in [0.15, 0.2) is 24.3 Å². The highest BCUT2D eigenvalue weighted by Crippen LogP contribution is 2.22. The molecule has 0 saturated carbocycles. The Morgan fingerprint density at radius 2 is 1.96 bits per heavy atom. The van der Waals surface area contributed by atoms with Crippen molar-refractivity contribution in [3.8, 4) is 0 Å². The number of rotatable bonds is 5. The molecule has 2 heterocycles. The van der Waals surface area contributed by atoms with Gasteiger partial charge in [0, 0.05) is 32.6 Å². The van der Waals surface area contributed by atoms with Gasteiger partial charge in [0.2, 0.25) is 11.8 Å². The zero-order chi connectivity index (χ0) is 16.1. The molecule has 2 aliphatic heterocycles. The predicted molar refractivity (Wildman–Crippen MR) is 88.5 cm³/mol. The van der Waals surface area contributed by atoms with Crippen LogP contribution in [0.5, 0.6) is 0 Å². The van der Waals surface area contributed by atoms with Gasteiger partial charge in [-0.3, -0.25) is 9.59 Å². The van der Waals surface area contributed by atoms with Crippen LogP contribution in [-0.4, -0.2) is 36.3 Å². The SMILES string of the molecule is O=C(NCCCC(=O)N1Cc2ccccc2C1)C1CCCNC1. The number of piperidine rings is 1. The van der Waals surface area contributed by atoms with E-state index in [4.69, 9.17) is 0 Å². The second-order valence-corrected chi connectivity index (χ2v) is 6.46. The van der Waals surface area contributed by atoms with Crippen molar-refractivity contribution in [2.24, 2.45) is 5.92 Å². The molecule has 0 radical (unpaired) electrons. The largest absolute Gasteiger partial charge is 0.356 e. The molecule has 1 aromatic rings.